The number of aliphatic hydroxyl groups excluding tert-OH is 1. The first-order chi connectivity index (χ1) is 6.67. The normalized spacial score (nSPS) is 15.4. The summed E-state index contributed by atoms with van der Waals surface area (Å²) in [7, 11) is 1.88. The van der Waals surface area contributed by atoms with Crippen molar-refractivity contribution in [3.05, 3.63) is 18.0 Å². The van der Waals surface area contributed by atoms with Crippen molar-refractivity contribution in [1.29, 1.82) is 0 Å². The Morgan fingerprint density at radius 2 is 2.36 bits per heavy atom. The molecule has 1 rings (SSSR count). The molecule has 80 valence electrons. The first kappa shape index (κ1) is 11.2. The number of aliphatic hydroxyl groups is 1. The van der Waals surface area contributed by atoms with E-state index in [1.165, 1.54) is 0 Å². The van der Waals surface area contributed by atoms with Gasteiger partial charge < -0.3 is 10.4 Å². The minimum absolute atomic E-state index is 0.00125. The number of aryl methyl sites for hydroxylation is 1. The topological polar surface area (TPSA) is 50.1 Å². The molecule has 2 N–H and O–H groups in total. The summed E-state index contributed by atoms with van der Waals surface area (Å²) in [6, 6.07) is 0.408. The molecule has 0 radical (unpaired) electrons. The van der Waals surface area contributed by atoms with Crippen LogP contribution in [0.2, 0.25) is 0 Å². The zero-order chi connectivity index (χ0) is 10.6. The lowest BCUT2D eigenvalue weighted by molar-refractivity contribution is 0.234. The molecule has 14 heavy (non-hydrogen) atoms. The lowest BCUT2D eigenvalue weighted by atomic mass is 10.1. The maximum absolute atomic E-state index is 9.23. The minimum atomic E-state index is -0.00125. The third kappa shape index (κ3) is 2.82. The summed E-state index contributed by atoms with van der Waals surface area (Å²) in [5.74, 6) is 0. The monoisotopic (exact) mass is 197 g/mol. The van der Waals surface area contributed by atoms with E-state index in [1.807, 2.05) is 13.2 Å². The van der Waals surface area contributed by atoms with E-state index in [-0.39, 0.29) is 12.6 Å². The lowest BCUT2D eigenvalue weighted by Gasteiger charge is -2.19. The second-order valence-corrected chi connectivity index (χ2v) is 3.66. The molecule has 0 aliphatic heterocycles. The minimum Gasteiger partial charge on any atom is -0.394 e. The van der Waals surface area contributed by atoms with Crippen LogP contribution in [-0.2, 0) is 7.05 Å². The molecule has 2 atom stereocenters. The van der Waals surface area contributed by atoms with Crippen molar-refractivity contribution < 1.29 is 5.11 Å². The molecule has 0 saturated carbocycles. The molecular formula is C10H19N3O. The number of nitrogens with zero attached hydrogens (tertiary/aromatic N) is 2. The number of hydrogen-bond donors (Lipinski definition) is 2. The molecule has 0 spiro atoms. The molecule has 0 amide bonds. The second kappa shape index (κ2) is 5.12. The standard InChI is InChI=1S/C10H19N3O/c1-4-8(2)12-10(7-14)9-5-11-13(3)6-9/h5-6,8,10,12,14H,4,7H2,1-3H3. The van der Waals surface area contributed by atoms with Crippen LogP contribution in [0.25, 0.3) is 0 Å². The Bertz CT molecular complexity index is 272. The molecule has 1 aromatic rings. The summed E-state index contributed by atoms with van der Waals surface area (Å²) in [5, 5.41) is 16.7. The molecule has 4 heteroatoms. The molecule has 0 aromatic carbocycles. The third-order valence-corrected chi connectivity index (χ3v) is 2.41. The summed E-state index contributed by atoms with van der Waals surface area (Å²) in [5.41, 5.74) is 1.04. The van der Waals surface area contributed by atoms with Crippen LogP contribution in [0.3, 0.4) is 0 Å². The molecule has 0 fully saturated rings. The fourth-order valence-corrected chi connectivity index (χ4v) is 1.34. The Kier molecular flexibility index (Phi) is 4.10. The molecule has 1 heterocycles. The lowest BCUT2D eigenvalue weighted by Crippen LogP contribution is -2.31. The van der Waals surface area contributed by atoms with Crippen LogP contribution in [0.4, 0.5) is 0 Å². The SMILES string of the molecule is CCC(C)NC(CO)c1cnn(C)c1. The van der Waals surface area contributed by atoms with Crippen LogP contribution in [0.1, 0.15) is 31.9 Å². The predicted octanol–water partition coefficient (Wildman–Crippen LogP) is 0.842. The van der Waals surface area contributed by atoms with Gasteiger partial charge in [0.25, 0.3) is 0 Å². The van der Waals surface area contributed by atoms with Crippen molar-refractivity contribution in [2.75, 3.05) is 6.61 Å². The van der Waals surface area contributed by atoms with Crippen molar-refractivity contribution >= 4 is 0 Å². The van der Waals surface area contributed by atoms with E-state index in [1.54, 1.807) is 10.9 Å². The van der Waals surface area contributed by atoms with Crippen molar-refractivity contribution in [1.82, 2.24) is 15.1 Å². The van der Waals surface area contributed by atoms with Crippen molar-refractivity contribution in [2.24, 2.45) is 7.05 Å². The van der Waals surface area contributed by atoms with Gasteiger partial charge >= 0.3 is 0 Å². The van der Waals surface area contributed by atoms with Gasteiger partial charge in [-0.15, -0.1) is 0 Å². The largest absolute Gasteiger partial charge is 0.394 e. The van der Waals surface area contributed by atoms with Crippen molar-refractivity contribution in [2.45, 2.75) is 32.4 Å². The average Bonchev–Trinajstić information content (AvgIpc) is 2.60. The first-order valence-electron chi connectivity index (χ1n) is 5.02. The van der Waals surface area contributed by atoms with E-state index in [4.69, 9.17) is 0 Å². The maximum Gasteiger partial charge on any atom is 0.0627 e. The van der Waals surface area contributed by atoms with Crippen molar-refractivity contribution in [3.63, 3.8) is 0 Å². The van der Waals surface area contributed by atoms with E-state index >= 15 is 0 Å². The Balaban J connectivity index is 2.62. The fourth-order valence-electron chi connectivity index (χ4n) is 1.34. The molecule has 0 saturated heterocycles. The number of rotatable bonds is 5. The van der Waals surface area contributed by atoms with E-state index in [9.17, 15) is 5.11 Å². The zero-order valence-electron chi connectivity index (χ0n) is 9.07. The molecule has 4 nitrogen and oxygen atoms in total. The van der Waals surface area contributed by atoms with Gasteiger partial charge in [0.15, 0.2) is 0 Å². The van der Waals surface area contributed by atoms with Gasteiger partial charge in [0.2, 0.25) is 0 Å². The summed E-state index contributed by atoms with van der Waals surface area (Å²) in [6.07, 6.45) is 4.77. The second-order valence-electron chi connectivity index (χ2n) is 3.66. The van der Waals surface area contributed by atoms with Crippen LogP contribution in [0, 0.1) is 0 Å². The molecular weight excluding hydrogens is 178 g/mol. The van der Waals surface area contributed by atoms with Crippen LogP contribution in [0.5, 0.6) is 0 Å². The van der Waals surface area contributed by atoms with Gasteiger partial charge in [-0.3, -0.25) is 4.68 Å². The molecule has 0 aliphatic rings. The van der Waals surface area contributed by atoms with Crippen LogP contribution in [-0.4, -0.2) is 27.5 Å². The van der Waals surface area contributed by atoms with Crippen LogP contribution in [0.15, 0.2) is 12.4 Å². The van der Waals surface area contributed by atoms with E-state index < -0.39 is 0 Å². The Hall–Kier alpha value is -0.870. The summed E-state index contributed by atoms with van der Waals surface area (Å²) in [4.78, 5) is 0. The molecule has 2 unspecified atom stereocenters. The molecule has 0 bridgehead atoms. The quantitative estimate of drug-likeness (QED) is 0.735. The number of hydrogen-bond acceptors (Lipinski definition) is 3. The van der Waals surface area contributed by atoms with Crippen molar-refractivity contribution in [3.8, 4) is 0 Å². The van der Waals surface area contributed by atoms with Gasteiger partial charge in [-0.2, -0.15) is 5.10 Å². The van der Waals surface area contributed by atoms with Gasteiger partial charge in [-0.25, -0.2) is 0 Å². The van der Waals surface area contributed by atoms with Gasteiger partial charge in [0, 0.05) is 24.8 Å². The molecule has 1 aromatic heterocycles. The van der Waals surface area contributed by atoms with Gasteiger partial charge in [-0.05, 0) is 13.3 Å². The first-order valence-corrected chi connectivity index (χ1v) is 5.02. The predicted molar refractivity (Wildman–Crippen MR) is 55.9 cm³/mol. The molecule has 0 aliphatic carbocycles. The van der Waals surface area contributed by atoms with Crippen LogP contribution >= 0.6 is 0 Å². The highest BCUT2D eigenvalue weighted by molar-refractivity contribution is 5.10. The Labute approximate surface area is 84.9 Å². The summed E-state index contributed by atoms with van der Waals surface area (Å²) in [6.45, 7) is 4.34. The number of nitrogens with one attached hydrogen (secondary N) is 1. The van der Waals surface area contributed by atoms with Crippen LogP contribution < -0.4 is 5.32 Å². The van der Waals surface area contributed by atoms with E-state index in [0.29, 0.717) is 6.04 Å². The number of aromatic nitrogens is 2. The smallest absolute Gasteiger partial charge is 0.0627 e. The summed E-state index contributed by atoms with van der Waals surface area (Å²) < 4.78 is 1.75. The zero-order valence-corrected chi connectivity index (χ0v) is 9.07. The highest BCUT2D eigenvalue weighted by Crippen LogP contribution is 2.12. The van der Waals surface area contributed by atoms with E-state index in [2.05, 4.69) is 24.3 Å². The summed E-state index contributed by atoms with van der Waals surface area (Å²) >= 11 is 0. The average molecular weight is 197 g/mol. The van der Waals surface area contributed by atoms with E-state index in [0.717, 1.165) is 12.0 Å². The van der Waals surface area contributed by atoms with Gasteiger partial charge in [-0.1, -0.05) is 6.92 Å². The highest BCUT2D eigenvalue weighted by atomic mass is 16.3. The maximum atomic E-state index is 9.23. The van der Waals surface area contributed by atoms with Gasteiger partial charge in [0.1, 0.15) is 0 Å². The Morgan fingerprint density at radius 1 is 1.64 bits per heavy atom. The van der Waals surface area contributed by atoms with Gasteiger partial charge in [0.05, 0.1) is 18.8 Å². The third-order valence-electron chi connectivity index (χ3n) is 2.41. The fraction of sp³-hybridized carbons (Fsp3) is 0.700. The Morgan fingerprint density at radius 3 is 2.79 bits per heavy atom. The highest BCUT2D eigenvalue weighted by Gasteiger charge is 2.13.